The van der Waals surface area contributed by atoms with Gasteiger partial charge in [-0.15, -0.1) is 0 Å². The summed E-state index contributed by atoms with van der Waals surface area (Å²) in [6.45, 7) is 7.84. The second-order valence-electron chi connectivity index (χ2n) is 4.39. The van der Waals surface area contributed by atoms with E-state index in [2.05, 4.69) is 22.5 Å². The van der Waals surface area contributed by atoms with E-state index in [-0.39, 0.29) is 5.91 Å². The highest BCUT2D eigenvalue weighted by atomic mass is 16.5. The minimum atomic E-state index is 0.116. The fourth-order valence-electron chi connectivity index (χ4n) is 1.76. The average molecular weight is 229 g/mol. The van der Waals surface area contributed by atoms with Crippen LogP contribution in [0.1, 0.15) is 6.92 Å². The summed E-state index contributed by atoms with van der Waals surface area (Å²) in [5.41, 5.74) is 0. The van der Waals surface area contributed by atoms with E-state index in [4.69, 9.17) is 4.74 Å². The van der Waals surface area contributed by atoms with E-state index in [0.717, 1.165) is 26.2 Å². The average Bonchev–Trinajstić information content (AvgIpc) is 2.28. The summed E-state index contributed by atoms with van der Waals surface area (Å²) in [5.74, 6) is 0.488. The zero-order valence-electron chi connectivity index (χ0n) is 10.3. The van der Waals surface area contributed by atoms with Crippen molar-refractivity contribution in [3.8, 4) is 0 Å². The van der Waals surface area contributed by atoms with Crippen LogP contribution in [0.15, 0.2) is 0 Å². The fourth-order valence-corrected chi connectivity index (χ4v) is 1.76. The molecule has 1 rings (SSSR count). The molecule has 0 aromatic heterocycles. The highest BCUT2D eigenvalue weighted by Gasteiger charge is 2.13. The lowest BCUT2D eigenvalue weighted by molar-refractivity contribution is -0.122. The van der Waals surface area contributed by atoms with Gasteiger partial charge in [0.2, 0.25) is 5.91 Å². The SMILES string of the molecule is COCC(C)CNC(=O)CN1CCNCC1. The van der Waals surface area contributed by atoms with Gasteiger partial charge in [0, 0.05) is 39.8 Å². The smallest absolute Gasteiger partial charge is 0.234 e. The Morgan fingerprint density at radius 3 is 2.81 bits per heavy atom. The molecule has 1 unspecified atom stereocenters. The Morgan fingerprint density at radius 2 is 2.19 bits per heavy atom. The number of carbonyl (C=O) groups is 1. The van der Waals surface area contributed by atoms with Gasteiger partial charge in [-0.25, -0.2) is 0 Å². The van der Waals surface area contributed by atoms with Crippen LogP contribution in [0.4, 0.5) is 0 Å². The van der Waals surface area contributed by atoms with Gasteiger partial charge in [0.1, 0.15) is 0 Å². The van der Waals surface area contributed by atoms with Crippen molar-refractivity contribution in [3.63, 3.8) is 0 Å². The van der Waals surface area contributed by atoms with Gasteiger partial charge < -0.3 is 15.4 Å². The molecule has 0 bridgehead atoms. The third-order valence-electron chi connectivity index (χ3n) is 2.68. The van der Waals surface area contributed by atoms with E-state index in [0.29, 0.717) is 25.6 Å². The van der Waals surface area contributed by atoms with Crippen molar-refractivity contribution in [2.75, 3.05) is 53.0 Å². The molecule has 94 valence electrons. The number of carbonyl (C=O) groups excluding carboxylic acids is 1. The van der Waals surface area contributed by atoms with E-state index in [1.54, 1.807) is 7.11 Å². The van der Waals surface area contributed by atoms with Crippen molar-refractivity contribution in [3.05, 3.63) is 0 Å². The minimum absolute atomic E-state index is 0.116. The number of nitrogens with zero attached hydrogens (tertiary/aromatic N) is 1. The normalized spacial score (nSPS) is 19.4. The Morgan fingerprint density at radius 1 is 1.50 bits per heavy atom. The Kier molecular flexibility index (Phi) is 6.37. The summed E-state index contributed by atoms with van der Waals surface area (Å²) in [6, 6.07) is 0. The van der Waals surface area contributed by atoms with Gasteiger partial charge >= 0.3 is 0 Å². The van der Waals surface area contributed by atoms with Crippen molar-refractivity contribution in [2.24, 2.45) is 5.92 Å². The zero-order valence-corrected chi connectivity index (χ0v) is 10.3. The molecular formula is C11H23N3O2. The van der Waals surface area contributed by atoms with E-state index in [1.165, 1.54) is 0 Å². The summed E-state index contributed by atoms with van der Waals surface area (Å²) < 4.78 is 5.02. The highest BCUT2D eigenvalue weighted by molar-refractivity contribution is 5.78. The summed E-state index contributed by atoms with van der Waals surface area (Å²) >= 11 is 0. The van der Waals surface area contributed by atoms with Crippen molar-refractivity contribution < 1.29 is 9.53 Å². The van der Waals surface area contributed by atoms with Gasteiger partial charge in [-0.3, -0.25) is 9.69 Å². The van der Waals surface area contributed by atoms with Crippen LogP contribution < -0.4 is 10.6 Å². The maximum absolute atomic E-state index is 11.6. The number of methoxy groups -OCH3 is 1. The molecule has 0 saturated carbocycles. The first-order chi connectivity index (χ1) is 7.72. The quantitative estimate of drug-likeness (QED) is 0.632. The van der Waals surface area contributed by atoms with Crippen LogP contribution in [-0.4, -0.2) is 63.8 Å². The van der Waals surface area contributed by atoms with Gasteiger partial charge in [-0.05, 0) is 5.92 Å². The number of nitrogens with one attached hydrogen (secondary N) is 2. The third-order valence-corrected chi connectivity index (χ3v) is 2.68. The van der Waals surface area contributed by atoms with Crippen molar-refractivity contribution >= 4 is 5.91 Å². The molecule has 0 aromatic rings. The second-order valence-corrected chi connectivity index (χ2v) is 4.39. The maximum atomic E-state index is 11.6. The molecule has 0 aliphatic carbocycles. The summed E-state index contributed by atoms with van der Waals surface area (Å²) in [7, 11) is 1.68. The molecule has 1 saturated heterocycles. The Hall–Kier alpha value is -0.650. The molecule has 2 N–H and O–H groups in total. The largest absolute Gasteiger partial charge is 0.384 e. The minimum Gasteiger partial charge on any atom is -0.384 e. The van der Waals surface area contributed by atoms with Gasteiger partial charge in [0.25, 0.3) is 0 Å². The molecule has 1 amide bonds. The molecular weight excluding hydrogens is 206 g/mol. The van der Waals surface area contributed by atoms with Gasteiger partial charge in [0.15, 0.2) is 0 Å². The number of piperazine rings is 1. The van der Waals surface area contributed by atoms with Crippen LogP contribution in [0.2, 0.25) is 0 Å². The molecule has 1 fully saturated rings. The summed E-state index contributed by atoms with van der Waals surface area (Å²) in [4.78, 5) is 13.8. The highest BCUT2D eigenvalue weighted by Crippen LogP contribution is 1.94. The Balaban J connectivity index is 2.10. The van der Waals surface area contributed by atoms with Crippen molar-refractivity contribution in [2.45, 2.75) is 6.92 Å². The van der Waals surface area contributed by atoms with Crippen LogP contribution in [0, 0.1) is 5.92 Å². The molecule has 5 nitrogen and oxygen atoms in total. The fraction of sp³-hybridized carbons (Fsp3) is 0.909. The number of hydrogen-bond acceptors (Lipinski definition) is 4. The topological polar surface area (TPSA) is 53.6 Å². The maximum Gasteiger partial charge on any atom is 0.234 e. The number of hydrogen-bond donors (Lipinski definition) is 2. The van der Waals surface area contributed by atoms with Crippen molar-refractivity contribution in [1.29, 1.82) is 0 Å². The molecule has 0 spiro atoms. The lowest BCUT2D eigenvalue weighted by atomic mass is 10.2. The van der Waals surface area contributed by atoms with Crippen LogP contribution in [0.5, 0.6) is 0 Å². The lowest BCUT2D eigenvalue weighted by Crippen LogP contribution is -2.48. The van der Waals surface area contributed by atoms with Gasteiger partial charge in [0.05, 0.1) is 13.2 Å². The summed E-state index contributed by atoms with van der Waals surface area (Å²) in [6.07, 6.45) is 0. The predicted octanol–water partition coefficient (Wildman–Crippen LogP) is -0.710. The van der Waals surface area contributed by atoms with E-state index < -0.39 is 0 Å². The number of amides is 1. The van der Waals surface area contributed by atoms with Crippen LogP contribution in [0.3, 0.4) is 0 Å². The van der Waals surface area contributed by atoms with E-state index in [9.17, 15) is 4.79 Å². The van der Waals surface area contributed by atoms with Crippen LogP contribution >= 0.6 is 0 Å². The third kappa shape index (κ3) is 5.44. The second kappa shape index (κ2) is 7.60. The number of ether oxygens (including phenoxy) is 1. The molecule has 1 atom stereocenters. The van der Waals surface area contributed by atoms with E-state index in [1.807, 2.05) is 0 Å². The molecule has 0 radical (unpaired) electrons. The Bertz CT molecular complexity index is 205. The Labute approximate surface area is 97.5 Å². The molecule has 5 heteroatoms. The van der Waals surface area contributed by atoms with Gasteiger partial charge in [-0.2, -0.15) is 0 Å². The molecule has 1 aliphatic rings. The molecule has 0 aromatic carbocycles. The van der Waals surface area contributed by atoms with E-state index >= 15 is 0 Å². The van der Waals surface area contributed by atoms with Gasteiger partial charge in [-0.1, -0.05) is 6.92 Å². The summed E-state index contributed by atoms with van der Waals surface area (Å²) in [5, 5.41) is 6.20. The first-order valence-electron chi connectivity index (χ1n) is 5.91. The first kappa shape index (κ1) is 13.4. The standard InChI is InChI=1S/C11H23N3O2/c1-10(9-16-2)7-13-11(15)8-14-5-3-12-4-6-14/h10,12H,3-9H2,1-2H3,(H,13,15). The molecule has 1 heterocycles. The monoisotopic (exact) mass is 229 g/mol. The molecule has 1 aliphatic heterocycles. The van der Waals surface area contributed by atoms with Crippen molar-refractivity contribution in [1.82, 2.24) is 15.5 Å². The lowest BCUT2D eigenvalue weighted by Gasteiger charge is -2.26. The molecule has 16 heavy (non-hydrogen) atoms. The van der Waals surface area contributed by atoms with Crippen LogP contribution in [-0.2, 0) is 9.53 Å². The zero-order chi connectivity index (χ0) is 11.8. The predicted molar refractivity (Wildman–Crippen MR) is 63.4 cm³/mol. The number of rotatable bonds is 6. The first-order valence-corrected chi connectivity index (χ1v) is 5.91. The van der Waals surface area contributed by atoms with Crippen LogP contribution in [0.25, 0.3) is 0 Å².